The highest BCUT2D eigenvalue weighted by Gasteiger charge is 2.34. The largest absolute Gasteiger partial charge is 0.510 e. The SMILES string of the molecule is CC1CC1COC(=O)OCN1C(=O)Cc2cc(CCN3CCN(c4nsc5ccccc45)CC3)c(Cl)cc21. The third kappa shape index (κ3) is 5.32. The van der Waals surface area contributed by atoms with Crippen molar-refractivity contribution in [2.24, 2.45) is 11.8 Å². The van der Waals surface area contributed by atoms with Gasteiger partial charge in [0, 0.05) is 43.1 Å². The number of fused-ring (bicyclic) bond motifs is 2. The number of nitrogens with zero attached hydrogens (tertiary/aromatic N) is 4. The zero-order valence-electron chi connectivity index (χ0n) is 21.4. The number of amides is 1. The summed E-state index contributed by atoms with van der Waals surface area (Å²) in [6.45, 7) is 7.05. The van der Waals surface area contributed by atoms with Crippen LogP contribution in [-0.4, -0.2) is 67.4 Å². The number of carbonyl (C=O) groups is 2. The number of hydrogen-bond acceptors (Lipinski definition) is 8. The van der Waals surface area contributed by atoms with Crippen LogP contribution >= 0.6 is 23.1 Å². The Bertz CT molecular complexity index is 1360. The molecule has 1 aromatic heterocycles. The van der Waals surface area contributed by atoms with E-state index in [1.807, 2.05) is 12.1 Å². The number of rotatable bonds is 8. The van der Waals surface area contributed by atoms with E-state index in [9.17, 15) is 9.59 Å². The molecule has 0 bridgehead atoms. The first kappa shape index (κ1) is 25.4. The Hall–Kier alpha value is -2.88. The number of piperazine rings is 1. The summed E-state index contributed by atoms with van der Waals surface area (Å²) in [5.74, 6) is 2.01. The van der Waals surface area contributed by atoms with Gasteiger partial charge in [0.2, 0.25) is 5.91 Å². The van der Waals surface area contributed by atoms with E-state index in [-0.39, 0.29) is 19.1 Å². The second-order valence-electron chi connectivity index (χ2n) is 10.5. The molecule has 2 atom stereocenters. The number of carbonyl (C=O) groups excluding carboxylic acids is 2. The number of hydrogen-bond donors (Lipinski definition) is 0. The van der Waals surface area contributed by atoms with Crippen molar-refractivity contribution in [3.63, 3.8) is 0 Å². The third-order valence-electron chi connectivity index (χ3n) is 7.91. The molecule has 1 amide bonds. The molecule has 10 heteroatoms. The normalized spacial score (nSPS) is 21.2. The smallest absolute Gasteiger partial charge is 0.434 e. The van der Waals surface area contributed by atoms with Gasteiger partial charge in [0.05, 0.1) is 23.4 Å². The van der Waals surface area contributed by atoms with Gasteiger partial charge in [-0.05, 0) is 65.5 Å². The molecule has 2 aliphatic heterocycles. The fourth-order valence-electron chi connectivity index (χ4n) is 5.31. The van der Waals surface area contributed by atoms with Gasteiger partial charge in [-0.3, -0.25) is 14.6 Å². The Morgan fingerprint density at radius 1 is 1.16 bits per heavy atom. The van der Waals surface area contributed by atoms with Gasteiger partial charge in [-0.2, -0.15) is 4.37 Å². The Morgan fingerprint density at radius 3 is 2.74 bits per heavy atom. The van der Waals surface area contributed by atoms with Crippen LogP contribution in [0.15, 0.2) is 36.4 Å². The lowest BCUT2D eigenvalue weighted by Crippen LogP contribution is -2.47. The average Bonchev–Trinajstić information content (AvgIpc) is 3.33. The zero-order chi connectivity index (χ0) is 26.2. The van der Waals surface area contributed by atoms with E-state index >= 15 is 0 Å². The van der Waals surface area contributed by atoms with Crippen LogP contribution in [-0.2, 0) is 27.1 Å². The zero-order valence-corrected chi connectivity index (χ0v) is 23.0. The van der Waals surface area contributed by atoms with Gasteiger partial charge in [-0.15, -0.1) is 0 Å². The van der Waals surface area contributed by atoms with Crippen LogP contribution in [0.3, 0.4) is 0 Å². The molecule has 8 nitrogen and oxygen atoms in total. The molecule has 38 heavy (non-hydrogen) atoms. The maximum Gasteiger partial charge on any atom is 0.510 e. The van der Waals surface area contributed by atoms with Crippen LogP contribution in [0, 0.1) is 11.8 Å². The predicted octanol–water partition coefficient (Wildman–Crippen LogP) is 4.97. The monoisotopic (exact) mass is 554 g/mol. The highest BCUT2D eigenvalue weighted by atomic mass is 35.5. The first-order valence-corrected chi connectivity index (χ1v) is 14.3. The standard InChI is InChI=1S/C28H31ClN4O4S/c1-18-12-21(18)16-36-28(35)37-17-33-24-15-23(29)19(13-20(24)14-26(33)34)6-7-31-8-10-32(11-9-31)27-22-4-2-3-5-25(22)38-30-27/h2-5,13,15,18,21H,6-12,14,16-17H2,1H3. The summed E-state index contributed by atoms with van der Waals surface area (Å²) in [6, 6.07) is 12.2. The fourth-order valence-corrected chi connectivity index (χ4v) is 6.35. The van der Waals surface area contributed by atoms with Gasteiger partial charge < -0.3 is 14.4 Å². The first-order chi connectivity index (χ1) is 18.5. The number of halogens is 1. The van der Waals surface area contributed by atoms with Gasteiger partial charge in [-0.1, -0.05) is 36.7 Å². The van der Waals surface area contributed by atoms with Crippen LogP contribution in [0.5, 0.6) is 0 Å². The van der Waals surface area contributed by atoms with Gasteiger partial charge >= 0.3 is 6.16 Å². The van der Waals surface area contributed by atoms with Crippen molar-refractivity contribution < 1.29 is 19.1 Å². The maximum absolute atomic E-state index is 12.6. The molecule has 3 aromatic rings. The molecule has 1 saturated heterocycles. The Balaban J connectivity index is 1.01. The van der Waals surface area contributed by atoms with Gasteiger partial charge in [0.15, 0.2) is 6.73 Å². The molecule has 2 aromatic carbocycles. The molecule has 1 aliphatic carbocycles. The van der Waals surface area contributed by atoms with E-state index in [4.69, 9.17) is 25.4 Å². The highest BCUT2D eigenvalue weighted by Crippen LogP contribution is 2.38. The lowest BCUT2D eigenvalue weighted by molar-refractivity contribution is -0.118. The quantitative estimate of drug-likeness (QED) is 0.364. The molecule has 2 unspecified atom stereocenters. The maximum atomic E-state index is 12.6. The van der Waals surface area contributed by atoms with E-state index in [0.29, 0.717) is 29.2 Å². The Morgan fingerprint density at radius 2 is 1.95 bits per heavy atom. The Labute approximate surface area is 231 Å². The number of benzene rings is 2. The summed E-state index contributed by atoms with van der Waals surface area (Å²) in [6.07, 6.45) is 1.42. The molecular formula is C28H31ClN4O4S. The van der Waals surface area contributed by atoms with Crippen molar-refractivity contribution in [3.05, 3.63) is 52.5 Å². The van der Waals surface area contributed by atoms with E-state index in [1.54, 1.807) is 11.5 Å². The third-order valence-corrected chi connectivity index (χ3v) is 9.08. The van der Waals surface area contributed by atoms with E-state index in [1.165, 1.54) is 15.0 Å². The summed E-state index contributed by atoms with van der Waals surface area (Å²) in [7, 11) is 0. The molecule has 0 N–H and O–H groups in total. The van der Waals surface area contributed by atoms with Gasteiger partial charge in [0.1, 0.15) is 5.82 Å². The van der Waals surface area contributed by atoms with Crippen molar-refractivity contribution in [3.8, 4) is 0 Å². The molecule has 3 aliphatic rings. The summed E-state index contributed by atoms with van der Waals surface area (Å²) in [4.78, 5) is 30.9. The average molecular weight is 555 g/mol. The van der Waals surface area contributed by atoms with Crippen molar-refractivity contribution >= 4 is 56.8 Å². The van der Waals surface area contributed by atoms with Crippen molar-refractivity contribution in [1.82, 2.24) is 9.27 Å². The minimum absolute atomic E-state index is 0.109. The van der Waals surface area contributed by atoms with Crippen molar-refractivity contribution in [1.29, 1.82) is 0 Å². The number of aromatic nitrogens is 1. The molecule has 2 fully saturated rings. The van der Waals surface area contributed by atoms with E-state index < -0.39 is 6.16 Å². The molecule has 3 heterocycles. The number of anilines is 2. The van der Waals surface area contributed by atoms with E-state index in [0.717, 1.165) is 62.5 Å². The molecule has 1 saturated carbocycles. The number of ether oxygens (including phenoxy) is 2. The molecule has 0 radical (unpaired) electrons. The fraction of sp³-hybridized carbons (Fsp3) is 0.464. The van der Waals surface area contributed by atoms with Crippen LogP contribution < -0.4 is 9.80 Å². The molecule has 6 rings (SSSR count). The highest BCUT2D eigenvalue weighted by molar-refractivity contribution is 7.13. The molecule has 0 spiro atoms. The van der Waals surface area contributed by atoms with Crippen LogP contribution in [0.25, 0.3) is 10.1 Å². The lowest BCUT2D eigenvalue weighted by atomic mass is 10.1. The van der Waals surface area contributed by atoms with Crippen LogP contribution in [0.4, 0.5) is 16.3 Å². The summed E-state index contributed by atoms with van der Waals surface area (Å²) >= 11 is 8.21. The second-order valence-corrected chi connectivity index (χ2v) is 11.7. The second kappa shape index (κ2) is 10.7. The molecule has 200 valence electrons. The summed E-state index contributed by atoms with van der Waals surface area (Å²) in [5, 5.41) is 1.86. The lowest BCUT2D eigenvalue weighted by Gasteiger charge is -2.35. The topological polar surface area (TPSA) is 75.2 Å². The Kier molecular flexibility index (Phi) is 7.16. The first-order valence-electron chi connectivity index (χ1n) is 13.2. The molecular weight excluding hydrogens is 524 g/mol. The van der Waals surface area contributed by atoms with Crippen LogP contribution in [0.1, 0.15) is 24.5 Å². The summed E-state index contributed by atoms with van der Waals surface area (Å²) in [5.41, 5.74) is 2.65. The van der Waals surface area contributed by atoms with Gasteiger partial charge in [0.25, 0.3) is 0 Å². The summed E-state index contributed by atoms with van der Waals surface area (Å²) < 4.78 is 16.3. The van der Waals surface area contributed by atoms with Crippen molar-refractivity contribution in [2.45, 2.75) is 26.2 Å². The minimum atomic E-state index is -0.740. The van der Waals surface area contributed by atoms with Crippen LogP contribution in [0.2, 0.25) is 5.02 Å². The van der Waals surface area contributed by atoms with Crippen molar-refractivity contribution in [2.75, 3.05) is 55.9 Å². The minimum Gasteiger partial charge on any atom is -0.434 e. The predicted molar refractivity (Wildman–Crippen MR) is 149 cm³/mol. The van der Waals surface area contributed by atoms with Gasteiger partial charge in [-0.25, -0.2) is 4.79 Å². The van der Waals surface area contributed by atoms with E-state index in [2.05, 4.69) is 41.0 Å².